The van der Waals surface area contributed by atoms with Gasteiger partial charge in [-0.15, -0.1) is 0 Å². The van der Waals surface area contributed by atoms with E-state index in [1.165, 1.54) is 23.4 Å². The van der Waals surface area contributed by atoms with Crippen molar-refractivity contribution in [1.29, 1.82) is 0 Å². The summed E-state index contributed by atoms with van der Waals surface area (Å²) >= 11 is 0. The Balaban J connectivity index is 1.89. The summed E-state index contributed by atoms with van der Waals surface area (Å²) in [5, 5.41) is 0. The number of fused-ring (bicyclic) bond motifs is 1. The Kier molecular flexibility index (Phi) is 6.23. The molecule has 1 aliphatic rings. The third kappa shape index (κ3) is 5.24. The summed E-state index contributed by atoms with van der Waals surface area (Å²) in [5.41, 5.74) is 4.36. The Morgan fingerprint density at radius 1 is 1.09 bits per heavy atom. The van der Waals surface area contributed by atoms with Gasteiger partial charge in [0.1, 0.15) is 5.75 Å². The second kappa shape index (κ2) is 8.88. The quantitative estimate of drug-likeness (QED) is 0.495. The molecule has 4 rings (SSSR count). The molecule has 0 saturated heterocycles. The number of carbonyl (C=O) groups is 2. The van der Waals surface area contributed by atoms with E-state index >= 15 is 0 Å². The first-order valence-corrected chi connectivity index (χ1v) is 13.1. The molecule has 0 unspecified atom stereocenters. The number of ketones is 1. The molecule has 0 bridgehead atoms. The summed E-state index contributed by atoms with van der Waals surface area (Å²) in [5.74, 6) is -0.0232. The number of hydrogen-bond donors (Lipinski definition) is 0. The molecule has 8 nitrogen and oxygen atoms in total. The average Bonchev–Trinajstić information content (AvgIpc) is 2.76. The Labute approximate surface area is 204 Å². The summed E-state index contributed by atoms with van der Waals surface area (Å²) in [4.78, 5) is 34.7. The van der Waals surface area contributed by atoms with Crippen LogP contribution in [0.1, 0.15) is 38.4 Å². The highest BCUT2D eigenvalue weighted by Gasteiger charge is 2.27. The zero-order chi connectivity index (χ0) is 25.5. The molecule has 0 radical (unpaired) electrons. The van der Waals surface area contributed by atoms with Crippen molar-refractivity contribution in [1.82, 2.24) is 9.97 Å². The Morgan fingerprint density at radius 2 is 1.83 bits per heavy atom. The minimum absolute atomic E-state index is 0.176. The number of ether oxygens (including phenoxy) is 1. The molecule has 9 heteroatoms. The fraction of sp³-hybridized carbons (Fsp3) is 0.308. The first-order chi connectivity index (χ1) is 16.4. The molecule has 2 heterocycles. The lowest BCUT2D eigenvalue weighted by molar-refractivity contribution is -0.124. The van der Waals surface area contributed by atoms with Gasteiger partial charge in [-0.25, -0.2) is 13.4 Å². The van der Waals surface area contributed by atoms with Gasteiger partial charge in [0, 0.05) is 29.3 Å². The molecule has 0 saturated carbocycles. The predicted molar refractivity (Wildman–Crippen MR) is 135 cm³/mol. The van der Waals surface area contributed by atoms with Gasteiger partial charge in [-0.05, 0) is 41.3 Å². The van der Waals surface area contributed by atoms with Crippen LogP contribution in [0.25, 0.3) is 22.2 Å². The van der Waals surface area contributed by atoms with Gasteiger partial charge < -0.3 is 4.74 Å². The number of methoxy groups -OCH3 is 1. The van der Waals surface area contributed by atoms with Crippen LogP contribution in [0, 0.1) is 0 Å². The average molecular weight is 494 g/mol. The lowest BCUT2D eigenvalue weighted by Crippen LogP contribution is -2.31. The monoisotopic (exact) mass is 493 g/mol. The molecule has 0 atom stereocenters. The topological polar surface area (TPSA) is 107 Å². The number of carbonyl (C=O) groups excluding carboxylic acids is 2. The highest BCUT2D eigenvalue weighted by molar-refractivity contribution is 7.89. The zero-order valence-electron chi connectivity index (χ0n) is 20.3. The normalized spacial score (nSPS) is 14.6. The molecule has 1 aliphatic heterocycles. The highest BCUT2D eigenvalue weighted by Crippen LogP contribution is 2.43. The van der Waals surface area contributed by atoms with Gasteiger partial charge in [0.05, 0.1) is 42.2 Å². The Bertz CT molecular complexity index is 1490. The molecular weight excluding hydrogens is 466 g/mol. The van der Waals surface area contributed by atoms with E-state index in [1.54, 1.807) is 13.2 Å². The van der Waals surface area contributed by atoms with E-state index in [9.17, 15) is 18.0 Å². The fourth-order valence-corrected chi connectivity index (χ4v) is 4.74. The molecule has 0 fully saturated rings. The van der Waals surface area contributed by atoms with E-state index in [2.05, 4.69) is 30.7 Å². The van der Waals surface area contributed by atoms with Crippen molar-refractivity contribution < 1.29 is 22.7 Å². The minimum atomic E-state index is -3.23. The molecular formula is C26H27N3O5S. The van der Waals surface area contributed by atoms with E-state index in [1.807, 2.05) is 24.3 Å². The van der Waals surface area contributed by atoms with Crippen LogP contribution < -0.4 is 9.64 Å². The van der Waals surface area contributed by atoms with Crippen LogP contribution in [0.4, 0.5) is 5.69 Å². The van der Waals surface area contributed by atoms with Crippen molar-refractivity contribution in [3.05, 3.63) is 60.1 Å². The van der Waals surface area contributed by atoms with Crippen molar-refractivity contribution in [2.75, 3.05) is 18.3 Å². The van der Waals surface area contributed by atoms with E-state index in [0.717, 1.165) is 22.9 Å². The highest BCUT2D eigenvalue weighted by atomic mass is 32.2. The molecule has 0 N–H and O–H groups in total. The first kappa shape index (κ1) is 24.5. The lowest BCUT2D eigenvalue weighted by Gasteiger charge is -2.28. The zero-order valence-corrected chi connectivity index (χ0v) is 21.1. The molecule has 1 amide bonds. The third-order valence-corrected chi connectivity index (χ3v) is 6.50. The van der Waals surface area contributed by atoms with Crippen LogP contribution in [0.5, 0.6) is 5.75 Å². The number of hydrogen-bond acceptors (Lipinski definition) is 7. The number of nitrogens with zero attached hydrogens (tertiary/aromatic N) is 3. The summed E-state index contributed by atoms with van der Waals surface area (Å²) in [6.45, 7) is 6.18. The maximum Gasteiger partial charge on any atom is 0.238 e. The number of rotatable bonds is 5. The molecule has 35 heavy (non-hydrogen) atoms. The maximum absolute atomic E-state index is 12.6. The van der Waals surface area contributed by atoms with Crippen LogP contribution in [-0.2, 0) is 30.6 Å². The fourth-order valence-electron chi connectivity index (χ4n) is 4.06. The molecule has 0 spiro atoms. The molecule has 2 aromatic carbocycles. The molecule has 3 aromatic rings. The van der Waals surface area contributed by atoms with Crippen molar-refractivity contribution >= 4 is 38.2 Å². The van der Waals surface area contributed by atoms with Gasteiger partial charge in [0.15, 0.2) is 15.6 Å². The van der Waals surface area contributed by atoms with Crippen molar-refractivity contribution in [2.24, 2.45) is 0 Å². The van der Waals surface area contributed by atoms with Crippen LogP contribution in [0.15, 0.2) is 48.8 Å². The van der Waals surface area contributed by atoms with Crippen molar-refractivity contribution in [3.63, 3.8) is 0 Å². The van der Waals surface area contributed by atoms with Gasteiger partial charge in [0.25, 0.3) is 0 Å². The summed E-state index contributed by atoms with van der Waals surface area (Å²) < 4.78 is 29.1. The summed E-state index contributed by atoms with van der Waals surface area (Å²) in [6, 6.07) is 9.29. The number of amides is 1. The number of allylic oxidation sites excluding steroid dienone is 1. The Hall–Kier alpha value is -3.59. The van der Waals surface area contributed by atoms with E-state index in [0.29, 0.717) is 28.2 Å². The first-order valence-electron chi connectivity index (χ1n) is 11.0. The van der Waals surface area contributed by atoms with E-state index < -0.39 is 9.84 Å². The summed E-state index contributed by atoms with van der Waals surface area (Å²) in [6.07, 6.45) is 5.36. The van der Waals surface area contributed by atoms with E-state index in [-0.39, 0.29) is 29.3 Å². The van der Waals surface area contributed by atoms with Crippen LogP contribution in [0.3, 0.4) is 0 Å². The standard InChI is InChI=1S/C26H27N3O5S/c1-26(2,3)21-12-18(29-9-8-19(30)13-24(29)31)11-20(25(21)34-4)16-6-7-22-23(10-16)27-14-17(28-22)15-35(5,32)33/h6-12,14H,13,15H2,1-5H3. The maximum atomic E-state index is 12.6. The molecule has 1 aromatic heterocycles. The second-order valence-corrected chi connectivity index (χ2v) is 11.8. The van der Waals surface area contributed by atoms with Gasteiger partial charge in [-0.3, -0.25) is 19.5 Å². The Morgan fingerprint density at radius 3 is 2.46 bits per heavy atom. The smallest absolute Gasteiger partial charge is 0.238 e. The number of sulfone groups is 1. The van der Waals surface area contributed by atoms with E-state index in [4.69, 9.17) is 4.74 Å². The predicted octanol–water partition coefficient (Wildman–Crippen LogP) is 3.97. The van der Waals surface area contributed by atoms with Crippen LogP contribution >= 0.6 is 0 Å². The SMILES string of the molecule is COc1c(-c2ccc3nc(CS(C)(=O)=O)cnc3c2)cc(N2C=CC(=O)CC2=O)cc1C(C)(C)C. The van der Waals surface area contributed by atoms with Crippen LogP contribution in [-0.4, -0.2) is 43.4 Å². The van der Waals surface area contributed by atoms with Gasteiger partial charge in [-0.2, -0.15) is 0 Å². The van der Waals surface area contributed by atoms with Gasteiger partial charge >= 0.3 is 0 Å². The number of benzene rings is 2. The van der Waals surface area contributed by atoms with Crippen LogP contribution in [0.2, 0.25) is 0 Å². The molecule has 182 valence electrons. The minimum Gasteiger partial charge on any atom is -0.496 e. The van der Waals surface area contributed by atoms with Crippen molar-refractivity contribution in [3.8, 4) is 16.9 Å². The summed E-state index contributed by atoms with van der Waals surface area (Å²) in [7, 11) is -1.62. The van der Waals surface area contributed by atoms with Gasteiger partial charge in [-0.1, -0.05) is 26.8 Å². The van der Waals surface area contributed by atoms with Gasteiger partial charge in [0.2, 0.25) is 5.91 Å². The largest absolute Gasteiger partial charge is 0.496 e. The molecule has 0 aliphatic carbocycles. The number of aromatic nitrogens is 2. The third-order valence-electron chi connectivity index (χ3n) is 5.68. The lowest BCUT2D eigenvalue weighted by atomic mass is 9.83. The van der Waals surface area contributed by atoms with Crippen molar-refractivity contribution in [2.45, 2.75) is 38.4 Å². The number of anilines is 1. The second-order valence-electron chi connectivity index (χ2n) is 9.68.